The van der Waals surface area contributed by atoms with Crippen molar-refractivity contribution in [2.24, 2.45) is 4.66 Å². The van der Waals surface area contributed by atoms with Gasteiger partial charge in [0.05, 0.1) is 6.01 Å². The molecule has 1 aromatic rings. The van der Waals surface area contributed by atoms with E-state index in [1.165, 1.54) is 0 Å². The van der Waals surface area contributed by atoms with Crippen LogP contribution in [0.1, 0.15) is 0 Å². The normalized spacial score (nSPS) is 9.08. The second-order valence-electron chi connectivity index (χ2n) is 2.18. The molecule has 1 N–H and O–H groups in total. The molecule has 1 rings (SSSR count). The molecule has 0 saturated carbocycles. The van der Waals surface area contributed by atoms with Crippen LogP contribution in [-0.4, -0.2) is 15.0 Å². The number of nitrogens with zero attached hydrogens (tertiary/aromatic N) is 1. The van der Waals surface area contributed by atoms with E-state index in [4.69, 9.17) is 5.41 Å². The van der Waals surface area contributed by atoms with Gasteiger partial charge in [0.15, 0.2) is 0 Å². The molecule has 12 heavy (non-hydrogen) atoms. The van der Waals surface area contributed by atoms with Crippen molar-refractivity contribution in [3.05, 3.63) is 42.6 Å². The molecule has 0 aliphatic carbocycles. The zero-order valence-corrected chi connectivity index (χ0v) is 7.62. The smallest absolute Gasteiger partial charge is 0.256 e. The van der Waals surface area contributed by atoms with E-state index in [1.54, 1.807) is 5.70 Å². The highest BCUT2D eigenvalue weighted by atomic mass is 28.3. The molecule has 1 radical (unpaired) electrons. The van der Waals surface area contributed by atoms with Gasteiger partial charge >= 0.3 is 0 Å². The van der Waals surface area contributed by atoms with Crippen LogP contribution in [0.4, 0.5) is 0 Å². The summed E-state index contributed by atoms with van der Waals surface area (Å²) in [6.07, 6.45) is 0. The van der Waals surface area contributed by atoms with Gasteiger partial charge in [0.2, 0.25) is 0 Å². The predicted molar refractivity (Wildman–Crippen MR) is 52.2 cm³/mol. The third-order valence-corrected chi connectivity index (χ3v) is 3.10. The molecular formula is C9H9N2Si. The molecular weight excluding hydrogens is 164 g/mol. The third-order valence-electron chi connectivity index (χ3n) is 1.44. The van der Waals surface area contributed by atoms with Crippen molar-refractivity contribution in [2.45, 2.75) is 0 Å². The number of nitrogens with one attached hydrogen (secondary N) is 1. The topological polar surface area (TPSA) is 36.2 Å². The number of hydrogen-bond acceptors (Lipinski definition) is 2. The fourth-order valence-electron chi connectivity index (χ4n) is 0.897. The Bertz CT molecular complexity index is 302. The fourth-order valence-corrected chi connectivity index (χ4v) is 2.01. The lowest BCUT2D eigenvalue weighted by atomic mass is 10.4. The van der Waals surface area contributed by atoms with Crippen LogP contribution >= 0.6 is 0 Å². The SMILES string of the molecule is C=C[Si](N=C=N)c1ccccc1. The van der Waals surface area contributed by atoms with Gasteiger partial charge in [-0.3, -0.25) is 4.66 Å². The quantitative estimate of drug-likeness (QED) is 0.529. The van der Waals surface area contributed by atoms with Crippen LogP contribution in [-0.2, 0) is 0 Å². The summed E-state index contributed by atoms with van der Waals surface area (Å²) < 4.78 is 3.91. The molecule has 0 heterocycles. The van der Waals surface area contributed by atoms with Crippen LogP contribution in [0, 0.1) is 5.41 Å². The second kappa shape index (κ2) is 4.44. The Labute approximate surface area is 73.5 Å². The summed E-state index contributed by atoms with van der Waals surface area (Å²) >= 11 is 0. The van der Waals surface area contributed by atoms with Gasteiger partial charge in [-0.25, -0.2) is 5.41 Å². The number of hydrogen-bond donors (Lipinski definition) is 1. The third kappa shape index (κ3) is 2.02. The first-order valence-electron chi connectivity index (χ1n) is 3.55. The Morgan fingerprint density at radius 1 is 1.42 bits per heavy atom. The van der Waals surface area contributed by atoms with E-state index in [0.717, 1.165) is 5.19 Å². The predicted octanol–water partition coefficient (Wildman–Crippen LogP) is 1.36. The Kier molecular flexibility index (Phi) is 3.20. The maximum absolute atomic E-state index is 6.75. The lowest BCUT2D eigenvalue weighted by molar-refractivity contribution is 1.56. The molecule has 0 unspecified atom stereocenters. The molecule has 0 fully saturated rings. The first kappa shape index (κ1) is 8.65. The lowest BCUT2D eigenvalue weighted by Gasteiger charge is -2.00. The zero-order valence-electron chi connectivity index (χ0n) is 6.62. The van der Waals surface area contributed by atoms with E-state index in [1.807, 2.05) is 30.3 Å². The highest BCUT2D eigenvalue weighted by molar-refractivity contribution is 6.76. The van der Waals surface area contributed by atoms with E-state index in [9.17, 15) is 0 Å². The van der Waals surface area contributed by atoms with Crippen molar-refractivity contribution in [1.82, 2.24) is 0 Å². The summed E-state index contributed by atoms with van der Waals surface area (Å²) in [5, 5.41) is 7.88. The van der Waals surface area contributed by atoms with Crippen molar-refractivity contribution >= 4 is 20.2 Å². The first-order chi connectivity index (χ1) is 5.88. The van der Waals surface area contributed by atoms with Gasteiger partial charge in [-0.15, -0.1) is 6.58 Å². The largest absolute Gasteiger partial charge is 0.272 e. The minimum Gasteiger partial charge on any atom is -0.256 e. The van der Waals surface area contributed by atoms with Crippen LogP contribution in [0.2, 0.25) is 0 Å². The van der Waals surface area contributed by atoms with Gasteiger partial charge in [-0.05, 0) is 5.19 Å². The summed E-state index contributed by atoms with van der Waals surface area (Å²) in [6, 6.07) is 11.9. The molecule has 0 saturated heterocycles. The standard InChI is InChI=1S/C9H9N2Si/c1-2-12(11-8-10)9-6-4-3-5-7-9/h2-7,10H,1H2. The molecule has 59 valence electrons. The molecule has 2 nitrogen and oxygen atoms in total. The molecule has 0 aromatic heterocycles. The summed E-state index contributed by atoms with van der Waals surface area (Å²) in [5.41, 5.74) is 1.79. The van der Waals surface area contributed by atoms with Crippen LogP contribution in [0.15, 0.2) is 47.3 Å². The summed E-state index contributed by atoms with van der Waals surface area (Å²) in [7, 11) is -1.12. The molecule has 0 spiro atoms. The molecule has 0 aliphatic heterocycles. The molecule has 0 aliphatic rings. The molecule has 1 aromatic carbocycles. The molecule has 0 atom stereocenters. The number of rotatable bonds is 3. The van der Waals surface area contributed by atoms with Gasteiger partial charge in [0.1, 0.15) is 0 Å². The highest BCUT2D eigenvalue weighted by Crippen LogP contribution is 1.89. The van der Waals surface area contributed by atoms with E-state index in [2.05, 4.69) is 17.2 Å². The van der Waals surface area contributed by atoms with Gasteiger partial charge in [0, 0.05) is 0 Å². The summed E-state index contributed by atoms with van der Waals surface area (Å²) in [5.74, 6) is 0. The highest BCUT2D eigenvalue weighted by Gasteiger charge is 2.06. The molecule has 0 bridgehead atoms. The fraction of sp³-hybridized carbons (Fsp3) is 0. The maximum Gasteiger partial charge on any atom is 0.272 e. The van der Waals surface area contributed by atoms with Gasteiger partial charge in [0.25, 0.3) is 8.96 Å². The molecule has 3 heteroatoms. The monoisotopic (exact) mass is 173 g/mol. The first-order valence-corrected chi connectivity index (χ1v) is 5.08. The maximum atomic E-state index is 6.75. The van der Waals surface area contributed by atoms with E-state index < -0.39 is 8.96 Å². The van der Waals surface area contributed by atoms with Crippen LogP contribution in [0.25, 0.3) is 0 Å². The van der Waals surface area contributed by atoms with Crippen molar-refractivity contribution in [1.29, 1.82) is 5.41 Å². The van der Waals surface area contributed by atoms with E-state index in [-0.39, 0.29) is 0 Å². The Morgan fingerprint density at radius 3 is 2.58 bits per heavy atom. The van der Waals surface area contributed by atoms with Gasteiger partial charge in [-0.2, -0.15) is 0 Å². The zero-order chi connectivity index (χ0) is 8.81. The average Bonchev–Trinajstić information content (AvgIpc) is 2.15. The Hall–Kier alpha value is -1.44. The van der Waals surface area contributed by atoms with E-state index in [0.29, 0.717) is 0 Å². The average molecular weight is 173 g/mol. The minimum absolute atomic E-state index is 1.12. The Morgan fingerprint density at radius 2 is 2.08 bits per heavy atom. The minimum atomic E-state index is -1.12. The van der Waals surface area contributed by atoms with Gasteiger partial charge < -0.3 is 0 Å². The lowest BCUT2D eigenvalue weighted by Crippen LogP contribution is -2.25. The van der Waals surface area contributed by atoms with Gasteiger partial charge in [-0.1, -0.05) is 36.0 Å². The van der Waals surface area contributed by atoms with Crippen LogP contribution in [0.3, 0.4) is 0 Å². The van der Waals surface area contributed by atoms with Crippen LogP contribution < -0.4 is 5.19 Å². The van der Waals surface area contributed by atoms with Crippen molar-refractivity contribution in [3.63, 3.8) is 0 Å². The van der Waals surface area contributed by atoms with Crippen molar-refractivity contribution < 1.29 is 0 Å². The van der Waals surface area contributed by atoms with Crippen molar-refractivity contribution in [2.75, 3.05) is 0 Å². The van der Waals surface area contributed by atoms with E-state index >= 15 is 0 Å². The number of benzene rings is 1. The Balaban J connectivity index is 2.94. The van der Waals surface area contributed by atoms with Crippen molar-refractivity contribution in [3.8, 4) is 0 Å². The van der Waals surface area contributed by atoms with Crippen LogP contribution in [0.5, 0.6) is 0 Å². The summed E-state index contributed by atoms with van der Waals surface area (Å²) in [6.45, 7) is 3.68. The molecule has 0 amide bonds. The summed E-state index contributed by atoms with van der Waals surface area (Å²) in [4.78, 5) is 0. The second-order valence-corrected chi connectivity index (χ2v) is 4.16.